The molecule has 0 heterocycles. The van der Waals surface area contributed by atoms with Gasteiger partial charge in [-0.3, -0.25) is 4.79 Å². The molecule has 0 aliphatic rings. The molecule has 2 aromatic carbocycles. The number of anilines is 1. The lowest BCUT2D eigenvalue weighted by Crippen LogP contribution is -2.21. The molecule has 0 aromatic heterocycles. The monoisotopic (exact) mass is 466 g/mol. The molecule has 13 heteroatoms. The zero-order valence-corrected chi connectivity index (χ0v) is 16.7. The van der Waals surface area contributed by atoms with Crippen molar-refractivity contribution in [3.8, 4) is 5.75 Å². The molecule has 2 rings (SSSR count). The van der Waals surface area contributed by atoms with Crippen molar-refractivity contribution >= 4 is 39.2 Å². The highest BCUT2D eigenvalue weighted by Gasteiger charge is 2.33. The van der Waals surface area contributed by atoms with Crippen LogP contribution in [0.3, 0.4) is 0 Å². The summed E-state index contributed by atoms with van der Waals surface area (Å²) in [6, 6.07) is 5.98. The SMILES string of the molecule is COc1ccc(C(=O)OCC(=O)Nc2ccc(Cl)c(C(F)(F)F)c2)cc1S(N)(=O)=O. The summed E-state index contributed by atoms with van der Waals surface area (Å²) in [5.74, 6) is -2.10. The Kier molecular flexibility index (Phi) is 6.95. The predicted octanol–water partition coefficient (Wildman–Crippen LogP) is 2.81. The van der Waals surface area contributed by atoms with Crippen molar-refractivity contribution < 1.29 is 40.7 Å². The van der Waals surface area contributed by atoms with Crippen LogP contribution in [0.25, 0.3) is 0 Å². The number of amides is 1. The number of hydrogen-bond donors (Lipinski definition) is 2. The summed E-state index contributed by atoms with van der Waals surface area (Å²) in [5.41, 5.74) is -1.60. The molecule has 0 unspecified atom stereocenters. The van der Waals surface area contributed by atoms with Crippen LogP contribution in [0.4, 0.5) is 18.9 Å². The molecule has 0 atom stereocenters. The number of methoxy groups -OCH3 is 1. The Morgan fingerprint density at radius 2 is 1.83 bits per heavy atom. The van der Waals surface area contributed by atoms with E-state index in [1.165, 1.54) is 19.2 Å². The Balaban J connectivity index is 2.08. The highest BCUT2D eigenvalue weighted by Crippen LogP contribution is 2.36. The van der Waals surface area contributed by atoms with Crippen molar-refractivity contribution in [3.05, 3.63) is 52.5 Å². The van der Waals surface area contributed by atoms with E-state index in [1.54, 1.807) is 0 Å². The van der Waals surface area contributed by atoms with Gasteiger partial charge in [-0.25, -0.2) is 18.4 Å². The molecule has 0 spiro atoms. The van der Waals surface area contributed by atoms with Crippen molar-refractivity contribution in [2.45, 2.75) is 11.1 Å². The normalized spacial score (nSPS) is 11.7. The van der Waals surface area contributed by atoms with E-state index in [1.807, 2.05) is 0 Å². The Hall–Kier alpha value is -2.83. The fourth-order valence-corrected chi connectivity index (χ4v) is 3.21. The number of carbonyl (C=O) groups is 2. The minimum absolute atomic E-state index is 0.102. The van der Waals surface area contributed by atoms with E-state index in [2.05, 4.69) is 5.32 Å². The molecule has 0 aliphatic carbocycles. The van der Waals surface area contributed by atoms with Crippen molar-refractivity contribution in [1.82, 2.24) is 0 Å². The van der Waals surface area contributed by atoms with E-state index in [0.717, 1.165) is 18.2 Å². The molecule has 1 amide bonds. The van der Waals surface area contributed by atoms with Gasteiger partial charge in [-0.2, -0.15) is 13.2 Å². The van der Waals surface area contributed by atoms with Gasteiger partial charge < -0.3 is 14.8 Å². The number of ether oxygens (including phenoxy) is 2. The number of esters is 1. The van der Waals surface area contributed by atoms with Crippen molar-refractivity contribution in [1.29, 1.82) is 0 Å². The lowest BCUT2D eigenvalue weighted by Gasteiger charge is -2.12. The molecule has 0 radical (unpaired) electrons. The molecular formula is C17H14ClF3N2O6S. The summed E-state index contributed by atoms with van der Waals surface area (Å²) in [4.78, 5) is 23.5. The van der Waals surface area contributed by atoms with Gasteiger partial charge in [0.2, 0.25) is 10.0 Å². The first kappa shape index (κ1) is 23.4. The molecule has 0 saturated heterocycles. The first-order valence-electron chi connectivity index (χ1n) is 7.87. The number of halogens is 4. The van der Waals surface area contributed by atoms with Gasteiger partial charge in [-0.15, -0.1) is 0 Å². The Labute approximate surface area is 173 Å². The fourth-order valence-electron chi connectivity index (χ4n) is 2.26. The third kappa shape index (κ3) is 5.84. The minimum Gasteiger partial charge on any atom is -0.495 e. The number of primary sulfonamides is 1. The molecule has 0 aliphatic heterocycles. The Bertz CT molecular complexity index is 1090. The standard InChI is InChI=1S/C17H14ClF3N2O6S/c1-28-13-5-2-9(6-14(13)30(22,26)27)16(25)29-8-15(24)23-10-3-4-12(18)11(7-10)17(19,20)21/h2-7H,8H2,1H3,(H,23,24)(H2,22,26,27). The number of carbonyl (C=O) groups excluding carboxylic acids is 2. The molecule has 0 fully saturated rings. The average molecular weight is 467 g/mol. The molecule has 0 bridgehead atoms. The smallest absolute Gasteiger partial charge is 0.417 e. The molecule has 2 aromatic rings. The lowest BCUT2D eigenvalue weighted by atomic mass is 10.2. The summed E-state index contributed by atoms with van der Waals surface area (Å²) in [6.45, 7) is -0.848. The quantitative estimate of drug-likeness (QED) is 0.631. The largest absolute Gasteiger partial charge is 0.495 e. The molecule has 30 heavy (non-hydrogen) atoms. The van der Waals surface area contributed by atoms with Gasteiger partial charge in [-0.1, -0.05) is 11.6 Å². The van der Waals surface area contributed by atoms with Crippen LogP contribution < -0.4 is 15.2 Å². The van der Waals surface area contributed by atoms with Crippen molar-refractivity contribution in [2.75, 3.05) is 19.0 Å². The first-order chi connectivity index (χ1) is 13.8. The number of rotatable bonds is 6. The van der Waals surface area contributed by atoms with E-state index in [4.69, 9.17) is 26.2 Å². The second-order valence-corrected chi connectivity index (χ2v) is 7.66. The van der Waals surface area contributed by atoms with Crippen LogP contribution in [-0.2, 0) is 25.7 Å². The van der Waals surface area contributed by atoms with Crippen LogP contribution in [0, 0.1) is 0 Å². The van der Waals surface area contributed by atoms with Crippen molar-refractivity contribution in [3.63, 3.8) is 0 Å². The van der Waals surface area contributed by atoms with Crippen LogP contribution in [0.5, 0.6) is 5.75 Å². The highest BCUT2D eigenvalue weighted by atomic mass is 35.5. The third-order valence-electron chi connectivity index (χ3n) is 3.60. The maximum atomic E-state index is 12.9. The third-order valence-corrected chi connectivity index (χ3v) is 4.86. The lowest BCUT2D eigenvalue weighted by molar-refractivity contribution is -0.137. The van der Waals surface area contributed by atoms with E-state index in [-0.39, 0.29) is 17.0 Å². The number of alkyl halides is 3. The highest BCUT2D eigenvalue weighted by molar-refractivity contribution is 7.89. The minimum atomic E-state index is -4.72. The number of nitrogens with two attached hydrogens (primary N) is 1. The topological polar surface area (TPSA) is 125 Å². The van der Waals surface area contributed by atoms with Crippen molar-refractivity contribution in [2.24, 2.45) is 5.14 Å². The number of hydrogen-bond acceptors (Lipinski definition) is 6. The Morgan fingerprint density at radius 3 is 2.40 bits per heavy atom. The summed E-state index contributed by atoms with van der Waals surface area (Å²) in [6.07, 6.45) is -4.72. The van der Waals surface area contributed by atoms with Gasteiger partial charge in [0.1, 0.15) is 10.6 Å². The van der Waals surface area contributed by atoms with Gasteiger partial charge in [0.05, 0.1) is 23.3 Å². The fraction of sp³-hybridized carbons (Fsp3) is 0.176. The molecule has 8 nitrogen and oxygen atoms in total. The van der Waals surface area contributed by atoms with E-state index >= 15 is 0 Å². The second-order valence-electron chi connectivity index (χ2n) is 5.73. The van der Waals surface area contributed by atoms with Gasteiger partial charge in [0.15, 0.2) is 6.61 Å². The van der Waals surface area contributed by atoms with Crippen LogP contribution in [0.2, 0.25) is 5.02 Å². The molecule has 0 saturated carbocycles. The van der Waals surface area contributed by atoms with Gasteiger partial charge >= 0.3 is 12.1 Å². The number of benzene rings is 2. The summed E-state index contributed by atoms with van der Waals surface area (Å²) < 4.78 is 71.3. The van der Waals surface area contributed by atoms with Gasteiger partial charge in [0, 0.05) is 5.69 Å². The summed E-state index contributed by atoms with van der Waals surface area (Å²) >= 11 is 5.49. The first-order valence-corrected chi connectivity index (χ1v) is 9.80. The van der Waals surface area contributed by atoms with E-state index < -0.39 is 50.2 Å². The Morgan fingerprint density at radius 1 is 1.17 bits per heavy atom. The number of nitrogens with one attached hydrogen (secondary N) is 1. The van der Waals surface area contributed by atoms with E-state index in [0.29, 0.717) is 6.07 Å². The van der Waals surface area contributed by atoms with E-state index in [9.17, 15) is 31.2 Å². The van der Waals surface area contributed by atoms with Crippen LogP contribution in [-0.4, -0.2) is 34.0 Å². The summed E-state index contributed by atoms with van der Waals surface area (Å²) in [7, 11) is -3.01. The van der Waals surface area contributed by atoms with Gasteiger partial charge in [-0.05, 0) is 36.4 Å². The predicted molar refractivity (Wildman–Crippen MR) is 99.7 cm³/mol. The van der Waals surface area contributed by atoms with Crippen LogP contribution in [0.1, 0.15) is 15.9 Å². The van der Waals surface area contributed by atoms with Gasteiger partial charge in [0.25, 0.3) is 5.91 Å². The zero-order valence-electron chi connectivity index (χ0n) is 15.1. The average Bonchev–Trinajstić information content (AvgIpc) is 2.65. The van der Waals surface area contributed by atoms with Crippen LogP contribution >= 0.6 is 11.6 Å². The van der Waals surface area contributed by atoms with Crippen LogP contribution in [0.15, 0.2) is 41.3 Å². The maximum absolute atomic E-state index is 12.9. The second kappa shape index (κ2) is 8.90. The molecule has 3 N–H and O–H groups in total. The maximum Gasteiger partial charge on any atom is 0.417 e. The number of sulfonamides is 1. The zero-order chi connectivity index (χ0) is 22.7. The molecule has 162 valence electrons. The summed E-state index contributed by atoms with van der Waals surface area (Å²) in [5, 5.41) is 6.64. The molecular weight excluding hydrogens is 453 g/mol.